The van der Waals surface area contributed by atoms with Gasteiger partial charge in [-0.1, -0.05) is 18.2 Å². The van der Waals surface area contributed by atoms with Crippen molar-refractivity contribution in [3.05, 3.63) is 35.4 Å². The fourth-order valence-electron chi connectivity index (χ4n) is 1.80. The van der Waals surface area contributed by atoms with Crippen molar-refractivity contribution in [1.29, 1.82) is 0 Å². The van der Waals surface area contributed by atoms with Crippen LogP contribution in [0.2, 0.25) is 0 Å². The van der Waals surface area contributed by atoms with Crippen molar-refractivity contribution in [2.24, 2.45) is 0 Å². The maximum absolute atomic E-state index is 12.2. The average molecular weight is 281 g/mol. The monoisotopic (exact) mass is 281 g/mol. The number of carbonyl (C=O) groups is 1. The van der Waals surface area contributed by atoms with Crippen molar-refractivity contribution >= 4 is 5.91 Å². The number of nitrogens with one attached hydrogen (secondary N) is 1. The second kappa shape index (κ2) is 7.99. The number of amides is 1. The average Bonchev–Trinajstić information content (AvgIpc) is 2.44. The topological polar surface area (TPSA) is 67.8 Å². The predicted molar refractivity (Wildman–Crippen MR) is 76.6 cm³/mol. The van der Waals surface area contributed by atoms with E-state index < -0.39 is 5.60 Å². The van der Waals surface area contributed by atoms with Crippen molar-refractivity contribution in [3.8, 4) is 0 Å². The molecule has 0 bridgehead atoms. The summed E-state index contributed by atoms with van der Waals surface area (Å²) in [6.07, 6.45) is 0.462. The SMILES string of the molecule is COCCC(C)(O)CNC(=O)c1ccccc1COC. The van der Waals surface area contributed by atoms with Crippen LogP contribution in [0.1, 0.15) is 29.3 Å². The molecule has 20 heavy (non-hydrogen) atoms. The fourth-order valence-corrected chi connectivity index (χ4v) is 1.80. The van der Waals surface area contributed by atoms with Gasteiger partial charge in [-0.25, -0.2) is 0 Å². The number of hydrogen-bond donors (Lipinski definition) is 2. The summed E-state index contributed by atoms with van der Waals surface area (Å²) in [5.41, 5.74) is 0.405. The summed E-state index contributed by atoms with van der Waals surface area (Å²) in [7, 11) is 3.17. The number of aliphatic hydroxyl groups is 1. The molecule has 0 aliphatic rings. The van der Waals surface area contributed by atoms with E-state index in [0.717, 1.165) is 5.56 Å². The van der Waals surface area contributed by atoms with Gasteiger partial charge in [0.2, 0.25) is 0 Å². The summed E-state index contributed by atoms with van der Waals surface area (Å²) < 4.78 is 10.0. The summed E-state index contributed by atoms with van der Waals surface area (Å²) in [4.78, 5) is 12.2. The third kappa shape index (κ3) is 5.28. The van der Waals surface area contributed by atoms with Gasteiger partial charge in [0.15, 0.2) is 0 Å². The van der Waals surface area contributed by atoms with E-state index in [1.54, 1.807) is 33.3 Å². The Labute approximate surface area is 119 Å². The Bertz CT molecular complexity index is 432. The molecule has 5 nitrogen and oxygen atoms in total. The van der Waals surface area contributed by atoms with Crippen molar-refractivity contribution < 1.29 is 19.4 Å². The van der Waals surface area contributed by atoms with E-state index in [-0.39, 0.29) is 12.5 Å². The molecule has 1 unspecified atom stereocenters. The standard InChI is InChI=1S/C15H23NO4/c1-15(18,8-9-19-2)11-16-14(17)13-7-5-4-6-12(13)10-20-3/h4-7,18H,8-11H2,1-3H3,(H,16,17). The van der Waals surface area contributed by atoms with Crippen LogP contribution in [0, 0.1) is 0 Å². The number of benzene rings is 1. The quantitative estimate of drug-likeness (QED) is 0.755. The van der Waals surface area contributed by atoms with E-state index in [9.17, 15) is 9.90 Å². The minimum absolute atomic E-state index is 0.177. The lowest BCUT2D eigenvalue weighted by Gasteiger charge is -2.23. The normalized spacial score (nSPS) is 13.8. The fraction of sp³-hybridized carbons (Fsp3) is 0.533. The summed E-state index contributed by atoms with van der Waals surface area (Å²) in [6.45, 7) is 2.68. The number of carbonyl (C=O) groups excluding carboxylic acids is 1. The summed E-state index contributed by atoms with van der Waals surface area (Å²) in [5, 5.41) is 12.8. The second-order valence-corrected chi connectivity index (χ2v) is 5.01. The van der Waals surface area contributed by atoms with Crippen LogP contribution < -0.4 is 5.32 Å². The van der Waals surface area contributed by atoms with E-state index in [4.69, 9.17) is 9.47 Å². The van der Waals surface area contributed by atoms with E-state index in [0.29, 0.717) is 25.2 Å². The van der Waals surface area contributed by atoms with Gasteiger partial charge in [-0.15, -0.1) is 0 Å². The molecule has 0 aliphatic heterocycles. The molecule has 0 aliphatic carbocycles. The van der Waals surface area contributed by atoms with Gasteiger partial charge in [-0.05, 0) is 18.6 Å². The van der Waals surface area contributed by atoms with Crippen molar-refractivity contribution in [1.82, 2.24) is 5.32 Å². The molecule has 0 fully saturated rings. The molecule has 2 N–H and O–H groups in total. The lowest BCUT2D eigenvalue weighted by Crippen LogP contribution is -2.41. The maximum Gasteiger partial charge on any atom is 0.251 e. The van der Waals surface area contributed by atoms with E-state index in [2.05, 4.69) is 5.32 Å². The Morgan fingerprint density at radius 1 is 1.30 bits per heavy atom. The number of ether oxygens (including phenoxy) is 2. The van der Waals surface area contributed by atoms with E-state index in [1.165, 1.54) is 0 Å². The molecule has 1 aromatic rings. The molecule has 5 heteroatoms. The third-order valence-electron chi connectivity index (χ3n) is 3.04. The van der Waals surface area contributed by atoms with E-state index in [1.807, 2.05) is 12.1 Å². The minimum atomic E-state index is -0.984. The van der Waals surface area contributed by atoms with Crippen molar-refractivity contribution in [3.63, 3.8) is 0 Å². The number of hydrogen-bond acceptors (Lipinski definition) is 4. The Morgan fingerprint density at radius 3 is 2.65 bits per heavy atom. The largest absolute Gasteiger partial charge is 0.388 e. The van der Waals surface area contributed by atoms with E-state index >= 15 is 0 Å². The van der Waals surface area contributed by atoms with Crippen LogP contribution in [-0.2, 0) is 16.1 Å². The zero-order valence-corrected chi connectivity index (χ0v) is 12.3. The lowest BCUT2D eigenvalue weighted by molar-refractivity contribution is 0.0243. The summed E-state index contributed by atoms with van der Waals surface area (Å²) in [6, 6.07) is 7.26. The Kier molecular flexibility index (Phi) is 6.64. The number of rotatable bonds is 8. The third-order valence-corrected chi connectivity index (χ3v) is 3.04. The molecule has 0 saturated heterocycles. The van der Waals surface area contributed by atoms with Gasteiger partial charge < -0.3 is 19.9 Å². The number of methoxy groups -OCH3 is 2. The van der Waals surface area contributed by atoms with Crippen LogP contribution in [-0.4, -0.2) is 44.0 Å². The van der Waals surface area contributed by atoms with Gasteiger partial charge in [0.1, 0.15) is 0 Å². The van der Waals surface area contributed by atoms with Gasteiger partial charge in [0.05, 0.1) is 12.2 Å². The highest BCUT2D eigenvalue weighted by molar-refractivity contribution is 5.95. The van der Waals surface area contributed by atoms with Crippen LogP contribution >= 0.6 is 0 Å². The van der Waals surface area contributed by atoms with Crippen LogP contribution in [0.5, 0.6) is 0 Å². The summed E-state index contributed by atoms with van der Waals surface area (Å²) >= 11 is 0. The second-order valence-electron chi connectivity index (χ2n) is 5.01. The van der Waals surface area contributed by atoms with Gasteiger partial charge >= 0.3 is 0 Å². The first-order chi connectivity index (χ1) is 9.50. The zero-order chi connectivity index (χ0) is 15.0. The Hall–Kier alpha value is -1.43. The highest BCUT2D eigenvalue weighted by atomic mass is 16.5. The molecule has 1 aromatic carbocycles. The van der Waals surface area contributed by atoms with Crippen LogP contribution in [0.4, 0.5) is 0 Å². The molecule has 1 rings (SSSR count). The first-order valence-corrected chi connectivity index (χ1v) is 6.56. The first-order valence-electron chi connectivity index (χ1n) is 6.56. The molecule has 0 saturated carbocycles. The molecular weight excluding hydrogens is 258 g/mol. The van der Waals surface area contributed by atoms with Gasteiger partial charge in [0.25, 0.3) is 5.91 Å². The van der Waals surface area contributed by atoms with Gasteiger partial charge in [-0.3, -0.25) is 4.79 Å². The first kappa shape index (κ1) is 16.6. The highest BCUT2D eigenvalue weighted by Gasteiger charge is 2.21. The molecule has 1 atom stereocenters. The van der Waals surface area contributed by atoms with Crippen LogP contribution in [0.25, 0.3) is 0 Å². The highest BCUT2D eigenvalue weighted by Crippen LogP contribution is 2.12. The van der Waals surface area contributed by atoms with Crippen molar-refractivity contribution in [2.45, 2.75) is 25.6 Å². The molecule has 0 spiro atoms. The van der Waals surface area contributed by atoms with Crippen LogP contribution in [0.15, 0.2) is 24.3 Å². The van der Waals surface area contributed by atoms with Gasteiger partial charge in [-0.2, -0.15) is 0 Å². The molecule has 1 amide bonds. The summed E-state index contributed by atoms with van der Waals surface area (Å²) in [5.74, 6) is -0.213. The molecule has 0 radical (unpaired) electrons. The smallest absolute Gasteiger partial charge is 0.251 e. The Balaban J connectivity index is 2.63. The molecule has 0 aromatic heterocycles. The van der Waals surface area contributed by atoms with Crippen LogP contribution in [0.3, 0.4) is 0 Å². The molecular formula is C15H23NO4. The van der Waals surface area contributed by atoms with Crippen molar-refractivity contribution in [2.75, 3.05) is 27.4 Å². The Morgan fingerprint density at radius 2 is 2.00 bits per heavy atom. The molecule has 0 heterocycles. The molecule has 112 valence electrons. The van der Waals surface area contributed by atoms with Gasteiger partial charge in [0, 0.05) is 39.4 Å². The maximum atomic E-state index is 12.2. The predicted octanol–water partition coefficient (Wildman–Crippen LogP) is 1.35. The zero-order valence-electron chi connectivity index (χ0n) is 12.3. The minimum Gasteiger partial charge on any atom is -0.388 e. The lowest BCUT2D eigenvalue weighted by atomic mass is 10.0.